The van der Waals surface area contributed by atoms with E-state index in [1.54, 1.807) is 7.11 Å². The molecule has 0 aliphatic heterocycles. The number of methoxy groups -OCH3 is 1. The van der Waals surface area contributed by atoms with Gasteiger partial charge in [-0.25, -0.2) is 0 Å². The normalized spacial score (nSPS) is 12.5. The van der Waals surface area contributed by atoms with Crippen LogP contribution < -0.4 is 0 Å². The number of ether oxygens (including phenoxy) is 1. The molecule has 0 aromatic heterocycles. The number of benzene rings is 2. The van der Waals surface area contributed by atoms with Gasteiger partial charge < -0.3 is 4.74 Å². The van der Waals surface area contributed by atoms with Gasteiger partial charge in [-0.3, -0.25) is 4.99 Å². The van der Waals surface area contributed by atoms with Gasteiger partial charge in [0.15, 0.2) is 0 Å². The number of nitrogens with zero attached hydrogens (tertiary/aromatic N) is 1. The quantitative estimate of drug-likeness (QED) is 0.255. The zero-order valence-corrected chi connectivity index (χ0v) is 24.2. The third-order valence-electron chi connectivity index (χ3n) is 5.67. The Kier molecular flexibility index (Phi) is 12.8. The SMILES string of the molecule is CO/C(=C\C(C)=Nc1c(C)cccc1C)c1c(C(C)C)cc(C(C)C)cc1C(C)C.[Cl][Co][Cl]. The number of aliphatic imine (C=N–C) groups is 1. The van der Waals surface area contributed by atoms with Crippen molar-refractivity contribution in [1.29, 1.82) is 0 Å². The average molecular weight is 535 g/mol. The van der Waals surface area contributed by atoms with Gasteiger partial charge >= 0.3 is 33.2 Å². The van der Waals surface area contributed by atoms with Gasteiger partial charge in [0, 0.05) is 17.4 Å². The minimum atomic E-state index is 0.382. The third-order valence-corrected chi connectivity index (χ3v) is 5.67. The standard InChI is InChI=1S/C28H39NO.2ClH.Co/c1-17(2)23-15-24(18(3)4)27(25(16-23)19(5)6)26(30-10)14-22(9)29-28-20(7)12-11-13-21(28)8;;;/h11-19H,1-10H3;2*1H;/q;;;+2/p-2/b26-14-,29-22?;;;. The zero-order valence-electron chi connectivity index (χ0n) is 21.6. The number of allylic oxidation sites excluding steroid dienone is 1. The molecule has 0 atom stereocenters. The average Bonchev–Trinajstić information content (AvgIpc) is 2.74. The zero-order chi connectivity index (χ0) is 25.3. The predicted molar refractivity (Wildman–Crippen MR) is 144 cm³/mol. The molecule has 0 fully saturated rings. The summed E-state index contributed by atoms with van der Waals surface area (Å²) in [4.78, 5) is 4.93. The molecule has 0 aliphatic rings. The summed E-state index contributed by atoms with van der Waals surface area (Å²) in [6.45, 7) is 19.8. The van der Waals surface area contributed by atoms with E-state index in [1.807, 2.05) is 0 Å². The molecule has 0 saturated heterocycles. The van der Waals surface area contributed by atoms with Crippen molar-refractivity contribution in [2.45, 2.75) is 80.1 Å². The van der Waals surface area contributed by atoms with Crippen LogP contribution >= 0.6 is 20.3 Å². The molecule has 2 rings (SSSR count). The molecule has 0 spiro atoms. The van der Waals surface area contributed by atoms with Gasteiger partial charge in [-0.05, 0) is 66.3 Å². The Balaban J connectivity index is 0.00000172. The number of rotatable bonds is 7. The Morgan fingerprint density at radius 1 is 0.909 bits per heavy atom. The Morgan fingerprint density at radius 2 is 1.36 bits per heavy atom. The van der Waals surface area contributed by atoms with Gasteiger partial charge in [-0.1, -0.05) is 71.9 Å². The minimum absolute atomic E-state index is 0.382. The van der Waals surface area contributed by atoms with E-state index in [-0.39, 0.29) is 0 Å². The van der Waals surface area contributed by atoms with Crippen LogP contribution in [0.2, 0.25) is 0 Å². The summed E-state index contributed by atoms with van der Waals surface area (Å²) in [5.74, 6) is 2.21. The van der Waals surface area contributed by atoms with Crippen LogP contribution in [0.5, 0.6) is 0 Å². The molecule has 0 bridgehead atoms. The Bertz CT molecular complexity index is 929. The first-order valence-electron chi connectivity index (χ1n) is 11.4. The van der Waals surface area contributed by atoms with E-state index in [2.05, 4.69) is 98.7 Å². The first kappa shape index (κ1) is 29.8. The second-order valence-corrected chi connectivity index (χ2v) is 11.0. The molecular weight excluding hydrogens is 496 g/mol. The number of aryl methyl sites for hydroxylation is 2. The van der Waals surface area contributed by atoms with Gasteiger partial charge in [0.05, 0.1) is 12.8 Å². The molecule has 33 heavy (non-hydrogen) atoms. The summed E-state index contributed by atoms with van der Waals surface area (Å²) in [7, 11) is 11.2. The van der Waals surface area contributed by atoms with Crippen molar-refractivity contribution >= 4 is 37.5 Å². The van der Waals surface area contributed by atoms with Crippen LogP contribution in [0, 0.1) is 13.8 Å². The van der Waals surface area contributed by atoms with Crippen molar-refractivity contribution in [3.05, 3.63) is 69.8 Å². The maximum absolute atomic E-state index is 5.97. The van der Waals surface area contributed by atoms with Crippen molar-refractivity contribution < 1.29 is 17.6 Å². The summed E-state index contributed by atoms with van der Waals surface area (Å²) in [5, 5.41) is 0. The van der Waals surface area contributed by atoms with Crippen molar-refractivity contribution in [2.24, 2.45) is 4.99 Å². The van der Waals surface area contributed by atoms with Crippen LogP contribution in [0.4, 0.5) is 5.69 Å². The van der Waals surface area contributed by atoms with E-state index >= 15 is 0 Å². The van der Waals surface area contributed by atoms with Crippen molar-refractivity contribution in [3.8, 4) is 0 Å². The maximum atomic E-state index is 5.97. The summed E-state index contributed by atoms with van der Waals surface area (Å²) in [5.41, 5.74) is 9.68. The van der Waals surface area contributed by atoms with Crippen LogP contribution in [0.1, 0.15) is 99.6 Å². The summed E-state index contributed by atoms with van der Waals surface area (Å²) < 4.78 is 5.97. The van der Waals surface area contributed by atoms with Crippen LogP contribution in [-0.4, -0.2) is 12.8 Å². The van der Waals surface area contributed by atoms with Gasteiger partial charge in [-0.2, -0.15) is 0 Å². The van der Waals surface area contributed by atoms with Crippen LogP contribution in [0.3, 0.4) is 0 Å². The van der Waals surface area contributed by atoms with Crippen LogP contribution in [-0.2, 0) is 17.6 Å². The molecule has 0 saturated carbocycles. The molecule has 0 amide bonds. The van der Waals surface area contributed by atoms with Crippen molar-refractivity contribution in [3.63, 3.8) is 0 Å². The van der Waals surface area contributed by atoms with Gasteiger partial charge in [-0.15, -0.1) is 0 Å². The molecule has 0 heterocycles. The van der Waals surface area contributed by atoms with Crippen molar-refractivity contribution in [2.75, 3.05) is 7.11 Å². The Morgan fingerprint density at radius 3 is 1.73 bits per heavy atom. The Labute approximate surface area is 216 Å². The molecule has 0 aliphatic carbocycles. The van der Waals surface area contributed by atoms with Crippen LogP contribution in [0.25, 0.3) is 5.76 Å². The van der Waals surface area contributed by atoms with E-state index in [0.29, 0.717) is 30.6 Å². The van der Waals surface area contributed by atoms with E-state index in [4.69, 9.17) is 30.0 Å². The molecule has 185 valence electrons. The van der Waals surface area contributed by atoms with Gasteiger partial charge in [0.25, 0.3) is 0 Å². The summed E-state index contributed by atoms with van der Waals surface area (Å²) in [6.07, 6.45) is 2.09. The topological polar surface area (TPSA) is 21.6 Å². The fraction of sp³-hybridized carbons (Fsp3) is 0.464. The third kappa shape index (κ3) is 8.47. The molecule has 2 aromatic carbocycles. The van der Waals surface area contributed by atoms with E-state index in [0.717, 1.165) is 17.2 Å². The predicted octanol–water partition coefficient (Wildman–Crippen LogP) is 9.83. The first-order chi connectivity index (χ1) is 15.5. The second kappa shape index (κ2) is 14.2. The number of halogens is 2. The van der Waals surface area contributed by atoms with E-state index in [9.17, 15) is 0 Å². The van der Waals surface area contributed by atoms with Gasteiger partial charge in [0.1, 0.15) is 5.76 Å². The molecule has 5 heteroatoms. The fourth-order valence-electron chi connectivity index (χ4n) is 3.85. The molecule has 2 aromatic rings. The summed E-state index contributed by atoms with van der Waals surface area (Å²) >= 11 is 0.382. The molecule has 0 radical (unpaired) electrons. The molecule has 0 N–H and O–H groups in total. The molecular formula is C28H39Cl2CoNO. The molecule has 2 nitrogen and oxygen atoms in total. The Hall–Kier alpha value is -1.26. The van der Waals surface area contributed by atoms with Gasteiger partial charge in [0.2, 0.25) is 0 Å². The number of hydrogen-bond donors (Lipinski definition) is 0. The second-order valence-electron chi connectivity index (χ2n) is 9.29. The first-order valence-corrected chi connectivity index (χ1v) is 14.2. The fourth-order valence-corrected chi connectivity index (χ4v) is 3.85. The number of para-hydroxylation sites is 1. The van der Waals surface area contributed by atoms with E-state index in [1.165, 1.54) is 33.4 Å². The number of hydrogen-bond acceptors (Lipinski definition) is 2. The van der Waals surface area contributed by atoms with Crippen molar-refractivity contribution in [1.82, 2.24) is 0 Å². The van der Waals surface area contributed by atoms with E-state index < -0.39 is 0 Å². The molecule has 0 unspecified atom stereocenters. The van der Waals surface area contributed by atoms with Crippen LogP contribution in [0.15, 0.2) is 41.4 Å². The summed E-state index contributed by atoms with van der Waals surface area (Å²) in [6, 6.07) is 11.0. The monoisotopic (exact) mass is 534 g/mol.